The zero-order chi connectivity index (χ0) is 15.8. The van der Waals surface area contributed by atoms with Crippen LogP contribution in [0.4, 0.5) is 5.69 Å². The molecule has 3 aromatic rings. The summed E-state index contributed by atoms with van der Waals surface area (Å²) in [5.41, 5.74) is 2.34. The van der Waals surface area contributed by atoms with Gasteiger partial charge in [-0.05, 0) is 30.3 Å². The molecule has 0 atom stereocenters. The number of para-hydroxylation sites is 1. The average Bonchev–Trinajstić information content (AvgIpc) is 3.09. The first-order valence-corrected chi connectivity index (χ1v) is 9.22. The van der Waals surface area contributed by atoms with E-state index in [9.17, 15) is 0 Å². The first-order valence-electron chi connectivity index (χ1n) is 7.21. The Morgan fingerprint density at radius 3 is 2.91 bits per heavy atom. The molecule has 1 aliphatic heterocycles. The van der Waals surface area contributed by atoms with Crippen LogP contribution in [0.25, 0.3) is 16.3 Å². The van der Waals surface area contributed by atoms with Gasteiger partial charge in [-0.25, -0.2) is 0 Å². The van der Waals surface area contributed by atoms with E-state index in [1.807, 2.05) is 18.2 Å². The zero-order valence-corrected chi connectivity index (χ0v) is 14.8. The smallest absolute Gasteiger partial charge is 0.262 e. The summed E-state index contributed by atoms with van der Waals surface area (Å²) in [5, 5.41) is 6.53. The van der Waals surface area contributed by atoms with Crippen LogP contribution in [0, 0.1) is 0 Å². The Hall–Kier alpha value is -1.75. The summed E-state index contributed by atoms with van der Waals surface area (Å²) < 4.78 is 3.41. The lowest BCUT2D eigenvalue weighted by molar-refractivity contribution is -0.642. The Kier molecular flexibility index (Phi) is 3.89. The van der Waals surface area contributed by atoms with Gasteiger partial charge in [0.1, 0.15) is 11.7 Å². The Bertz CT molecular complexity index is 930. The highest BCUT2D eigenvalue weighted by atomic mass is 35.5. The maximum Gasteiger partial charge on any atom is 0.262 e. The van der Waals surface area contributed by atoms with Gasteiger partial charge in [0.25, 0.3) is 5.01 Å². The van der Waals surface area contributed by atoms with E-state index in [1.165, 1.54) is 20.3 Å². The normalized spacial score (nSPS) is 15.5. The molecule has 0 fully saturated rings. The summed E-state index contributed by atoms with van der Waals surface area (Å²) >= 11 is 9.61. The van der Waals surface area contributed by atoms with Crippen molar-refractivity contribution >= 4 is 56.7 Å². The largest absolute Gasteiger partial charge is 0.349 e. The lowest BCUT2D eigenvalue weighted by atomic mass is 10.3. The lowest BCUT2D eigenvalue weighted by Gasteiger charge is -1.95. The maximum absolute atomic E-state index is 6.09. The van der Waals surface area contributed by atoms with Crippen molar-refractivity contribution in [2.75, 3.05) is 5.32 Å². The molecular weight excluding hydrogens is 344 g/mol. The van der Waals surface area contributed by atoms with E-state index in [2.05, 4.69) is 59.4 Å². The van der Waals surface area contributed by atoms with Gasteiger partial charge in [-0.2, -0.15) is 4.57 Å². The van der Waals surface area contributed by atoms with Gasteiger partial charge in [-0.15, -0.1) is 0 Å². The fourth-order valence-electron chi connectivity index (χ4n) is 2.51. The van der Waals surface area contributed by atoms with E-state index in [0.29, 0.717) is 0 Å². The average molecular weight is 358 g/mol. The number of allylic oxidation sites excluding steroid dienone is 2. The number of thioether (sulfide) groups is 1. The molecule has 2 heterocycles. The molecule has 0 amide bonds. The standard InChI is InChI=1S/C18H13ClN2S2/c1-21-14-11-12(19)9-10-16(14)23-18(21)8-4-7-17-20-13-5-2-3-6-15(13)22-17/h2-11H,1H3/p+1. The van der Waals surface area contributed by atoms with Crippen molar-refractivity contribution in [2.24, 2.45) is 7.05 Å². The highest BCUT2D eigenvalue weighted by Gasteiger charge is 2.15. The van der Waals surface area contributed by atoms with E-state index in [0.717, 1.165) is 15.6 Å². The van der Waals surface area contributed by atoms with Crippen molar-refractivity contribution in [2.45, 2.75) is 4.90 Å². The number of hydrogen-bond donors (Lipinski definition) is 1. The highest BCUT2D eigenvalue weighted by Crippen LogP contribution is 2.40. The SMILES string of the molecule is C[n+]1c(C=CC=C2Nc3ccccc3S2)sc2ccc(Cl)cc21. The highest BCUT2D eigenvalue weighted by molar-refractivity contribution is 8.03. The molecule has 0 saturated carbocycles. The number of anilines is 1. The second-order valence-corrected chi connectivity index (χ2v) is 7.81. The molecule has 0 bridgehead atoms. The monoisotopic (exact) mass is 357 g/mol. The van der Waals surface area contributed by atoms with Crippen LogP contribution in [-0.4, -0.2) is 0 Å². The molecule has 0 spiro atoms. The molecule has 1 N–H and O–H groups in total. The molecule has 5 heteroatoms. The third kappa shape index (κ3) is 2.90. The molecule has 0 unspecified atom stereocenters. The molecular formula is C18H14ClN2S2+. The molecule has 2 nitrogen and oxygen atoms in total. The first-order chi connectivity index (χ1) is 11.2. The molecule has 2 aromatic carbocycles. The summed E-state index contributed by atoms with van der Waals surface area (Å²) in [6, 6.07) is 14.4. The Balaban J connectivity index is 1.58. The molecule has 114 valence electrons. The van der Waals surface area contributed by atoms with E-state index in [4.69, 9.17) is 11.6 Å². The number of nitrogens with one attached hydrogen (secondary N) is 1. The molecule has 1 aliphatic rings. The van der Waals surface area contributed by atoms with Crippen molar-refractivity contribution in [3.8, 4) is 0 Å². The van der Waals surface area contributed by atoms with Crippen LogP contribution in [0.5, 0.6) is 0 Å². The molecule has 23 heavy (non-hydrogen) atoms. The van der Waals surface area contributed by atoms with E-state index in [-0.39, 0.29) is 0 Å². The predicted octanol–water partition coefficient (Wildman–Crippen LogP) is 5.45. The molecule has 4 rings (SSSR count). The van der Waals surface area contributed by atoms with E-state index >= 15 is 0 Å². The van der Waals surface area contributed by atoms with Gasteiger partial charge < -0.3 is 5.32 Å². The minimum atomic E-state index is 0.771. The molecule has 0 radical (unpaired) electrons. The Labute approximate surface area is 148 Å². The molecule has 1 aromatic heterocycles. The second-order valence-electron chi connectivity index (χ2n) is 5.22. The summed E-state index contributed by atoms with van der Waals surface area (Å²) in [7, 11) is 2.07. The van der Waals surface area contributed by atoms with Gasteiger partial charge >= 0.3 is 0 Å². The van der Waals surface area contributed by atoms with E-state index in [1.54, 1.807) is 23.1 Å². The minimum Gasteiger partial charge on any atom is -0.349 e. The second kappa shape index (κ2) is 6.04. The van der Waals surface area contributed by atoms with Crippen LogP contribution in [0.3, 0.4) is 0 Å². The summed E-state index contributed by atoms with van der Waals surface area (Å²) in [4.78, 5) is 1.27. The number of benzene rings is 2. The van der Waals surface area contributed by atoms with Crippen LogP contribution >= 0.6 is 34.7 Å². The maximum atomic E-state index is 6.09. The van der Waals surface area contributed by atoms with Gasteiger partial charge in [0.2, 0.25) is 5.52 Å². The number of rotatable bonds is 2. The first kappa shape index (κ1) is 14.8. The van der Waals surface area contributed by atoms with Crippen LogP contribution in [0.15, 0.2) is 64.5 Å². The number of aryl methyl sites for hydroxylation is 1. The predicted molar refractivity (Wildman–Crippen MR) is 101 cm³/mol. The number of aromatic nitrogens is 1. The summed E-state index contributed by atoms with van der Waals surface area (Å²) in [5.74, 6) is 0. The third-order valence-electron chi connectivity index (χ3n) is 3.68. The molecule has 0 aliphatic carbocycles. The van der Waals surface area contributed by atoms with Gasteiger partial charge in [-0.1, -0.05) is 52.9 Å². The van der Waals surface area contributed by atoms with E-state index < -0.39 is 0 Å². The number of fused-ring (bicyclic) bond motifs is 2. The van der Waals surface area contributed by atoms with Crippen LogP contribution in [0.2, 0.25) is 5.02 Å². The fraction of sp³-hybridized carbons (Fsp3) is 0.0556. The van der Waals surface area contributed by atoms with Crippen molar-refractivity contribution in [3.05, 3.63) is 69.7 Å². The lowest BCUT2D eigenvalue weighted by Crippen LogP contribution is -2.28. The number of hydrogen-bond acceptors (Lipinski definition) is 3. The minimum absolute atomic E-state index is 0.771. The van der Waals surface area contributed by atoms with Crippen LogP contribution in [0.1, 0.15) is 5.01 Å². The number of thiazole rings is 1. The third-order valence-corrected chi connectivity index (χ3v) is 6.13. The summed E-state index contributed by atoms with van der Waals surface area (Å²) in [6.45, 7) is 0. The van der Waals surface area contributed by atoms with Crippen LogP contribution in [-0.2, 0) is 7.05 Å². The zero-order valence-electron chi connectivity index (χ0n) is 12.4. The van der Waals surface area contributed by atoms with Gasteiger partial charge in [-0.3, -0.25) is 0 Å². The van der Waals surface area contributed by atoms with Crippen LogP contribution < -0.4 is 9.88 Å². The van der Waals surface area contributed by atoms with Crippen molar-refractivity contribution in [1.82, 2.24) is 0 Å². The van der Waals surface area contributed by atoms with Crippen molar-refractivity contribution in [3.63, 3.8) is 0 Å². The Morgan fingerprint density at radius 2 is 2.04 bits per heavy atom. The van der Waals surface area contributed by atoms with Crippen molar-refractivity contribution in [1.29, 1.82) is 0 Å². The van der Waals surface area contributed by atoms with Crippen molar-refractivity contribution < 1.29 is 4.57 Å². The van der Waals surface area contributed by atoms with Gasteiger partial charge in [0.15, 0.2) is 0 Å². The fourth-order valence-corrected chi connectivity index (χ4v) is 4.64. The topological polar surface area (TPSA) is 15.9 Å². The Morgan fingerprint density at radius 1 is 1.17 bits per heavy atom. The van der Waals surface area contributed by atoms with Gasteiger partial charge in [0.05, 0.1) is 10.7 Å². The summed E-state index contributed by atoms with van der Waals surface area (Å²) in [6.07, 6.45) is 6.34. The quantitative estimate of drug-likeness (QED) is 0.613. The molecule has 0 saturated heterocycles. The number of halogens is 1. The number of nitrogens with zero attached hydrogens (tertiary/aromatic N) is 1. The van der Waals surface area contributed by atoms with Gasteiger partial charge in [0, 0.05) is 22.1 Å².